The van der Waals surface area contributed by atoms with E-state index in [1.54, 1.807) is 48.5 Å². The van der Waals surface area contributed by atoms with Crippen molar-refractivity contribution < 1.29 is 29.0 Å². The summed E-state index contributed by atoms with van der Waals surface area (Å²) in [7, 11) is 0. The molecular formula is C22H20N2O6. The normalized spacial score (nSPS) is 20.4. The van der Waals surface area contributed by atoms with Crippen molar-refractivity contribution in [1.29, 1.82) is 0 Å². The summed E-state index contributed by atoms with van der Waals surface area (Å²) in [6.07, 6.45) is -0.697. The number of amides is 3. The van der Waals surface area contributed by atoms with E-state index in [0.717, 1.165) is 15.4 Å². The molecule has 0 aromatic heterocycles. The molecule has 0 radical (unpaired) electrons. The van der Waals surface area contributed by atoms with Crippen molar-refractivity contribution in [3.05, 3.63) is 71.3 Å². The van der Waals surface area contributed by atoms with Crippen molar-refractivity contribution >= 4 is 23.9 Å². The predicted molar refractivity (Wildman–Crippen MR) is 105 cm³/mol. The molecule has 2 aliphatic rings. The maximum atomic E-state index is 13.2. The molecule has 154 valence electrons. The summed E-state index contributed by atoms with van der Waals surface area (Å²) in [4.78, 5) is 52.6. The van der Waals surface area contributed by atoms with Crippen LogP contribution >= 0.6 is 0 Å². The highest BCUT2D eigenvalue weighted by atomic mass is 16.5. The third-order valence-corrected chi connectivity index (χ3v) is 5.61. The number of likely N-dealkylation sites (tertiary alicyclic amines) is 1. The van der Waals surface area contributed by atoms with E-state index < -0.39 is 29.4 Å². The van der Waals surface area contributed by atoms with Gasteiger partial charge in [-0.1, -0.05) is 42.5 Å². The summed E-state index contributed by atoms with van der Waals surface area (Å²) in [5.41, 5.74) is -0.388. The minimum absolute atomic E-state index is 0.0308. The third kappa shape index (κ3) is 3.20. The van der Waals surface area contributed by atoms with Crippen molar-refractivity contribution in [2.45, 2.75) is 25.0 Å². The predicted octanol–water partition coefficient (Wildman–Crippen LogP) is 2.54. The summed E-state index contributed by atoms with van der Waals surface area (Å²) >= 11 is 0. The number of benzene rings is 2. The molecule has 0 spiro atoms. The van der Waals surface area contributed by atoms with Crippen LogP contribution in [0.3, 0.4) is 0 Å². The minimum Gasteiger partial charge on any atom is -0.465 e. The smallest absolute Gasteiger partial charge is 0.408 e. The van der Waals surface area contributed by atoms with Crippen LogP contribution in [-0.2, 0) is 16.1 Å². The Morgan fingerprint density at radius 2 is 1.57 bits per heavy atom. The number of carbonyl (C=O) groups is 4. The van der Waals surface area contributed by atoms with Gasteiger partial charge in [-0.2, -0.15) is 0 Å². The van der Waals surface area contributed by atoms with Crippen molar-refractivity contribution in [3.63, 3.8) is 0 Å². The van der Waals surface area contributed by atoms with Gasteiger partial charge in [0.1, 0.15) is 6.61 Å². The van der Waals surface area contributed by atoms with Crippen LogP contribution < -0.4 is 0 Å². The molecule has 1 saturated heterocycles. The van der Waals surface area contributed by atoms with Gasteiger partial charge in [-0.15, -0.1) is 0 Å². The Morgan fingerprint density at radius 1 is 0.967 bits per heavy atom. The lowest BCUT2D eigenvalue weighted by Crippen LogP contribution is -2.60. The fourth-order valence-corrected chi connectivity index (χ4v) is 4.10. The molecular weight excluding hydrogens is 388 g/mol. The fourth-order valence-electron chi connectivity index (χ4n) is 4.10. The first kappa shape index (κ1) is 19.6. The van der Waals surface area contributed by atoms with Crippen molar-refractivity contribution in [1.82, 2.24) is 9.80 Å². The van der Waals surface area contributed by atoms with Crippen LogP contribution in [0, 0.1) is 0 Å². The molecule has 8 heteroatoms. The van der Waals surface area contributed by atoms with E-state index in [2.05, 4.69) is 0 Å². The Balaban J connectivity index is 1.62. The summed E-state index contributed by atoms with van der Waals surface area (Å²) in [6.45, 7) is -0.283. The summed E-state index contributed by atoms with van der Waals surface area (Å²) in [5.74, 6) is -1.84. The molecule has 0 aliphatic carbocycles. The van der Waals surface area contributed by atoms with Crippen LogP contribution in [0.1, 0.15) is 39.1 Å². The van der Waals surface area contributed by atoms with Crippen molar-refractivity contribution in [2.24, 2.45) is 0 Å². The molecule has 2 aromatic rings. The van der Waals surface area contributed by atoms with Gasteiger partial charge in [0.15, 0.2) is 5.54 Å². The van der Waals surface area contributed by atoms with E-state index >= 15 is 0 Å². The second-order valence-electron chi connectivity index (χ2n) is 7.37. The van der Waals surface area contributed by atoms with Gasteiger partial charge in [0.25, 0.3) is 11.8 Å². The number of hydrogen-bond donors (Lipinski definition) is 1. The second-order valence-corrected chi connectivity index (χ2v) is 7.37. The lowest BCUT2D eigenvalue weighted by atomic mass is 9.95. The summed E-state index contributed by atoms with van der Waals surface area (Å²) in [6, 6.07) is 15.4. The number of ether oxygens (including phenoxy) is 1. The number of hydrogen-bond acceptors (Lipinski definition) is 5. The molecule has 2 heterocycles. The average Bonchev–Trinajstić information content (AvgIpc) is 3.29. The molecule has 2 aromatic carbocycles. The number of carbonyl (C=O) groups excluding carboxylic acids is 3. The Labute approximate surface area is 172 Å². The van der Waals surface area contributed by atoms with Gasteiger partial charge in [-0.25, -0.2) is 9.59 Å². The van der Waals surface area contributed by atoms with Gasteiger partial charge >= 0.3 is 12.1 Å². The first-order valence-electron chi connectivity index (χ1n) is 9.61. The van der Waals surface area contributed by atoms with Gasteiger partial charge in [0.05, 0.1) is 17.7 Å². The van der Waals surface area contributed by atoms with Gasteiger partial charge in [0, 0.05) is 6.54 Å². The Bertz CT molecular complexity index is 986. The molecule has 0 bridgehead atoms. The maximum Gasteiger partial charge on any atom is 0.408 e. The SMILES string of the molecule is O=C1c2ccccc2C(=O)N1C[C@]1(C(=O)OCc2ccccc2)CCCN1C(=O)O. The monoisotopic (exact) mass is 408 g/mol. The molecule has 1 atom stereocenters. The number of rotatable bonds is 5. The number of fused-ring (bicyclic) bond motifs is 1. The Morgan fingerprint density at radius 3 is 2.17 bits per heavy atom. The van der Waals surface area contributed by atoms with Crippen molar-refractivity contribution in [3.8, 4) is 0 Å². The topological polar surface area (TPSA) is 104 Å². The Kier molecular flexibility index (Phi) is 4.99. The van der Waals surface area contributed by atoms with E-state index in [-0.39, 0.29) is 37.2 Å². The van der Waals surface area contributed by atoms with E-state index in [1.807, 2.05) is 6.07 Å². The van der Waals surface area contributed by atoms with Crippen LogP contribution in [-0.4, -0.2) is 57.4 Å². The average molecular weight is 408 g/mol. The molecule has 1 N–H and O–H groups in total. The number of imide groups is 1. The van der Waals surface area contributed by atoms with Gasteiger partial charge in [-0.3, -0.25) is 19.4 Å². The number of nitrogens with zero attached hydrogens (tertiary/aromatic N) is 2. The van der Waals surface area contributed by atoms with E-state index in [4.69, 9.17) is 4.74 Å². The lowest BCUT2D eigenvalue weighted by Gasteiger charge is -2.36. The van der Waals surface area contributed by atoms with Crippen LogP contribution in [0.15, 0.2) is 54.6 Å². The molecule has 0 unspecified atom stereocenters. The third-order valence-electron chi connectivity index (χ3n) is 5.61. The first-order valence-corrected chi connectivity index (χ1v) is 9.61. The highest BCUT2D eigenvalue weighted by molar-refractivity contribution is 6.21. The minimum atomic E-state index is -1.63. The van der Waals surface area contributed by atoms with Crippen LogP contribution in [0.4, 0.5) is 4.79 Å². The van der Waals surface area contributed by atoms with E-state index in [0.29, 0.717) is 6.42 Å². The molecule has 8 nitrogen and oxygen atoms in total. The van der Waals surface area contributed by atoms with Crippen LogP contribution in [0.25, 0.3) is 0 Å². The highest BCUT2D eigenvalue weighted by Gasteiger charge is 2.55. The first-order chi connectivity index (χ1) is 14.4. The molecule has 30 heavy (non-hydrogen) atoms. The zero-order valence-electron chi connectivity index (χ0n) is 16.1. The molecule has 0 saturated carbocycles. The number of carboxylic acid groups (broad SMARTS) is 1. The number of esters is 1. The van der Waals surface area contributed by atoms with Crippen molar-refractivity contribution in [2.75, 3.05) is 13.1 Å². The largest absolute Gasteiger partial charge is 0.465 e. The summed E-state index contributed by atoms with van der Waals surface area (Å²) < 4.78 is 5.46. The van der Waals surface area contributed by atoms with Crippen LogP contribution in [0.2, 0.25) is 0 Å². The molecule has 3 amide bonds. The van der Waals surface area contributed by atoms with Gasteiger partial charge < -0.3 is 9.84 Å². The summed E-state index contributed by atoms with van der Waals surface area (Å²) in [5, 5.41) is 9.69. The zero-order chi connectivity index (χ0) is 21.3. The molecule has 4 rings (SSSR count). The van der Waals surface area contributed by atoms with E-state index in [1.165, 1.54) is 0 Å². The molecule has 2 aliphatic heterocycles. The standard InChI is InChI=1S/C22H20N2O6/c25-18-16-9-4-5-10-17(16)19(26)23(18)14-22(11-6-12-24(22)21(28)29)20(27)30-13-15-7-2-1-3-8-15/h1-5,7-10H,6,11-14H2,(H,28,29)/t22-/m0/s1. The Hall–Kier alpha value is -3.68. The highest BCUT2D eigenvalue weighted by Crippen LogP contribution is 2.35. The van der Waals surface area contributed by atoms with Crippen LogP contribution in [0.5, 0.6) is 0 Å². The lowest BCUT2D eigenvalue weighted by molar-refractivity contribution is -0.157. The second kappa shape index (κ2) is 7.62. The van der Waals surface area contributed by atoms with Gasteiger partial charge in [0.2, 0.25) is 0 Å². The van der Waals surface area contributed by atoms with Gasteiger partial charge in [-0.05, 0) is 30.5 Å². The maximum absolute atomic E-state index is 13.2. The molecule has 1 fully saturated rings. The fraction of sp³-hybridized carbons (Fsp3) is 0.273. The van der Waals surface area contributed by atoms with E-state index in [9.17, 15) is 24.3 Å². The zero-order valence-corrected chi connectivity index (χ0v) is 16.1. The quantitative estimate of drug-likeness (QED) is 0.602.